The highest BCUT2D eigenvalue weighted by molar-refractivity contribution is 7.99. The van der Waals surface area contributed by atoms with Crippen molar-refractivity contribution < 1.29 is 23.2 Å². The second-order valence-electron chi connectivity index (χ2n) is 5.93. The lowest BCUT2D eigenvalue weighted by Crippen LogP contribution is -3.07. The average molecular weight is 320 g/mol. The maximum absolute atomic E-state index is 12.6. The Morgan fingerprint density at radius 1 is 1.29 bits per heavy atom. The van der Waals surface area contributed by atoms with Crippen LogP contribution in [0.2, 0.25) is 0 Å². The number of aliphatic hydroxyl groups is 1. The fourth-order valence-corrected chi connectivity index (χ4v) is 4.14. The molecule has 2 rings (SSSR count). The summed E-state index contributed by atoms with van der Waals surface area (Å²) >= 11 is 1.80. The van der Waals surface area contributed by atoms with Gasteiger partial charge in [-0.15, -0.1) is 0 Å². The van der Waals surface area contributed by atoms with Crippen LogP contribution in [0.25, 0.3) is 0 Å². The quantitative estimate of drug-likeness (QED) is 0.888. The molecule has 1 aromatic rings. The Bertz CT molecular complexity index is 475. The molecule has 0 aromatic heterocycles. The normalized spacial score (nSPS) is 27.1. The van der Waals surface area contributed by atoms with Crippen molar-refractivity contribution in [3.8, 4) is 0 Å². The van der Waals surface area contributed by atoms with Gasteiger partial charge in [-0.3, -0.25) is 0 Å². The van der Waals surface area contributed by atoms with Crippen molar-refractivity contribution in [1.82, 2.24) is 0 Å². The highest BCUT2D eigenvalue weighted by atomic mass is 32.2. The number of nitrogens with one attached hydrogen (secondary N) is 1. The highest BCUT2D eigenvalue weighted by Crippen LogP contribution is 2.40. The molecule has 21 heavy (non-hydrogen) atoms. The topological polar surface area (TPSA) is 24.7 Å². The fraction of sp³-hybridized carbons (Fsp3) is 0.600. The van der Waals surface area contributed by atoms with E-state index in [1.54, 1.807) is 11.8 Å². The Hall–Kier alpha value is -0.720. The molecule has 1 aliphatic heterocycles. The van der Waals surface area contributed by atoms with Crippen LogP contribution >= 0.6 is 11.8 Å². The summed E-state index contributed by atoms with van der Waals surface area (Å²) in [5, 5.41) is 11.0. The molecular formula is C15H21F3NOS+. The van der Waals surface area contributed by atoms with Gasteiger partial charge in [0, 0.05) is 5.75 Å². The molecule has 1 fully saturated rings. The predicted octanol–water partition coefficient (Wildman–Crippen LogP) is 1.79. The van der Waals surface area contributed by atoms with Gasteiger partial charge in [-0.25, -0.2) is 0 Å². The van der Waals surface area contributed by atoms with Crippen LogP contribution in [0.3, 0.4) is 0 Å². The Morgan fingerprint density at radius 2 is 1.90 bits per heavy atom. The first-order chi connectivity index (χ1) is 9.73. The Labute approximate surface area is 127 Å². The van der Waals surface area contributed by atoms with Crippen LogP contribution in [0.4, 0.5) is 13.2 Å². The summed E-state index contributed by atoms with van der Waals surface area (Å²) in [5.74, 6) is 1.72. The number of hydrogen-bond acceptors (Lipinski definition) is 2. The lowest BCUT2D eigenvalue weighted by molar-refractivity contribution is -0.863. The zero-order valence-corrected chi connectivity index (χ0v) is 13.0. The van der Waals surface area contributed by atoms with Crippen molar-refractivity contribution in [1.29, 1.82) is 0 Å². The van der Waals surface area contributed by atoms with E-state index in [0.29, 0.717) is 12.0 Å². The molecule has 2 atom stereocenters. The number of halogens is 3. The molecular weight excluding hydrogens is 299 g/mol. The molecule has 118 valence electrons. The third kappa shape index (κ3) is 3.73. The van der Waals surface area contributed by atoms with E-state index in [0.717, 1.165) is 30.2 Å². The third-order valence-corrected chi connectivity index (χ3v) is 5.12. The SMILES string of the molecule is C[NH+](C)C[C@@H]1CSCC[C@@]1(O)c1ccc(C(F)(F)F)cc1. The van der Waals surface area contributed by atoms with Crippen LogP contribution in [-0.4, -0.2) is 37.3 Å². The molecule has 6 heteroatoms. The van der Waals surface area contributed by atoms with Gasteiger partial charge in [-0.05, 0) is 29.9 Å². The zero-order chi connectivity index (χ0) is 15.7. The van der Waals surface area contributed by atoms with Crippen molar-refractivity contribution in [3.63, 3.8) is 0 Å². The first-order valence-corrected chi connectivity index (χ1v) is 8.16. The number of rotatable bonds is 3. The van der Waals surface area contributed by atoms with E-state index in [1.807, 2.05) is 14.1 Å². The van der Waals surface area contributed by atoms with Gasteiger partial charge in [-0.2, -0.15) is 24.9 Å². The Balaban J connectivity index is 2.28. The first kappa shape index (κ1) is 16.6. The van der Waals surface area contributed by atoms with Crippen LogP contribution in [0, 0.1) is 5.92 Å². The number of alkyl halides is 3. The minimum absolute atomic E-state index is 0.0537. The second kappa shape index (κ2) is 6.18. The van der Waals surface area contributed by atoms with Crippen molar-refractivity contribution >= 4 is 11.8 Å². The van der Waals surface area contributed by atoms with Crippen LogP contribution in [-0.2, 0) is 11.8 Å². The summed E-state index contributed by atoms with van der Waals surface area (Å²) in [6, 6.07) is 4.98. The molecule has 0 unspecified atom stereocenters. The summed E-state index contributed by atoms with van der Waals surface area (Å²) in [4.78, 5) is 1.23. The molecule has 0 aliphatic carbocycles. The van der Waals surface area contributed by atoms with Gasteiger partial charge in [0.05, 0.1) is 37.7 Å². The van der Waals surface area contributed by atoms with E-state index < -0.39 is 17.3 Å². The molecule has 1 saturated heterocycles. The number of hydrogen-bond donors (Lipinski definition) is 2. The van der Waals surface area contributed by atoms with E-state index in [1.165, 1.54) is 17.0 Å². The maximum Gasteiger partial charge on any atom is 0.416 e. The van der Waals surface area contributed by atoms with Crippen molar-refractivity contribution in [2.24, 2.45) is 5.92 Å². The molecule has 0 saturated carbocycles. The largest absolute Gasteiger partial charge is 0.416 e. The lowest BCUT2D eigenvalue weighted by atomic mass is 9.79. The molecule has 0 amide bonds. The predicted molar refractivity (Wildman–Crippen MR) is 78.5 cm³/mol. The smallest absolute Gasteiger partial charge is 0.385 e. The van der Waals surface area contributed by atoms with Crippen molar-refractivity contribution in [2.45, 2.75) is 18.2 Å². The van der Waals surface area contributed by atoms with Gasteiger partial charge in [0.1, 0.15) is 0 Å². The molecule has 1 aliphatic rings. The van der Waals surface area contributed by atoms with E-state index >= 15 is 0 Å². The van der Waals surface area contributed by atoms with Gasteiger partial charge in [-0.1, -0.05) is 12.1 Å². The molecule has 1 aromatic carbocycles. The molecule has 0 radical (unpaired) electrons. The number of benzene rings is 1. The molecule has 1 heterocycles. The fourth-order valence-electron chi connectivity index (χ4n) is 2.84. The number of quaternary nitrogens is 1. The van der Waals surface area contributed by atoms with Crippen molar-refractivity contribution in [2.75, 3.05) is 32.1 Å². The van der Waals surface area contributed by atoms with Gasteiger partial charge in [0.15, 0.2) is 0 Å². The zero-order valence-electron chi connectivity index (χ0n) is 12.2. The summed E-state index contributed by atoms with van der Waals surface area (Å²) in [6.07, 6.45) is -3.75. The first-order valence-electron chi connectivity index (χ1n) is 7.00. The van der Waals surface area contributed by atoms with Gasteiger partial charge < -0.3 is 10.0 Å². The summed E-state index contributed by atoms with van der Waals surface area (Å²) in [7, 11) is 4.04. The molecule has 0 bridgehead atoms. The molecule has 2 N–H and O–H groups in total. The van der Waals surface area contributed by atoms with Crippen LogP contribution in [0.5, 0.6) is 0 Å². The minimum atomic E-state index is -4.34. The molecule has 2 nitrogen and oxygen atoms in total. The number of thioether (sulfide) groups is 1. The Morgan fingerprint density at radius 3 is 2.43 bits per heavy atom. The molecule has 0 spiro atoms. The van der Waals surface area contributed by atoms with Crippen LogP contribution in [0.15, 0.2) is 24.3 Å². The maximum atomic E-state index is 12.6. The van der Waals surface area contributed by atoms with Crippen molar-refractivity contribution in [3.05, 3.63) is 35.4 Å². The summed E-state index contributed by atoms with van der Waals surface area (Å²) < 4.78 is 37.9. The second-order valence-corrected chi connectivity index (χ2v) is 7.08. The van der Waals surface area contributed by atoms with E-state index in [2.05, 4.69) is 0 Å². The van der Waals surface area contributed by atoms with Gasteiger partial charge in [0.25, 0.3) is 0 Å². The standard InChI is InChI=1S/C15H20F3NOS/c1-19(2)9-13-10-21-8-7-14(13,20)11-3-5-12(6-4-11)15(16,17)18/h3-6,13,20H,7-10H2,1-2H3/p+1/t13-,14-/m1/s1. The Kier molecular flexibility index (Phi) is 4.90. The highest BCUT2D eigenvalue weighted by Gasteiger charge is 2.42. The van der Waals surface area contributed by atoms with E-state index in [4.69, 9.17) is 0 Å². The van der Waals surface area contributed by atoms with Crippen LogP contribution < -0.4 is 4.90 Å². The summed E-state index contributed by atoms with van der Waals surface area (Å²) in [5.41, 5.74) is -1.09. The monoisotopic (exact) mass is 320 g/mol. The third-order valence-electron chi connectivity index (χ3n) is 3.99. The van der Waals surface area contributed by atoms with E-state index in [9.17, 15) is 18.3 Å². The van der Waals surface area contributed by atoms with Gasteiger partial charge in [0.2, 0.25) is 0 Å². The minimum Gasteiger partial charge on any atom is -0.385 e. The lowest BCUT2D eigenvalue weighted by Gasteiger charge is -2.40. The summed E-state index contributed by atoms with van der Waals surface area (Å²) in [6.45, 7) is 0.796. The average Bonchev–Trinajstić information content (AvgIpc) is 2.40. The van der Waals surface area contributed by atoms with Crippen LogP contribution in [0.1, 0.15) is 17.5 Å². The van der Waals surface area contributed by atoms with Gasteiger partial charge >= 0.3 is 6.18 Å². The van der Waals surface area contributed by atoms with E-state index in [-0.39, 0.29) is 5.92 Å².